The molecule has 1 unspecified atom stereocenters. The van der Waals surface area contributed by atoms with Gasteiger partial charge < -0.3 is 10.6 Å². The van der Waals surface area contributed by atoms with Crippen LogP contribution in [0.5, 0.6) is 0 Å². The fraction of sp³-hybridized carbons (Fsp3) is 0.714. The van der Waals surface area contributed by atoms with Crippen molar-refractivity contribution in [2.24, 2.45) is 0 Å². The van der Waals surface area contributed by atoms with Crippen molar-refractivity contribution in [2.75, 3.05) is 36.8 Å². The lowest BCUT2D eigenvalue weighted by atomic mass is 10.2. The van der Waals surface area contributed by atoms with Crippen molar-refractivity contribution >= 4 is 11.8 Å². The summed E-state index contributed by atoms with van der Waals surface area (Å²) >= 11 is 0. The van der Waals surface area contributed by atoms with Crippen molar-refractivity contribution in [2.45, 2.75) is 39.2 Å². The first-order valence-corrected chi connectivity index (χ1v) is 7.49. The zero-order chi connectivity index (χ0) is 14.4. The lowest BCUT2D eigenvalue weighted by Crippen LogP contribution is -2.35. The molecule has 1 saturated heterocycles. The smallest absolute Gasteiger partial charge is 0.224 e. The number of nitrogens with zero attached hydrogens (tertiary/aromatic N) is 3. The number of hydrogen-bond acceptors (Lipinski definition) is 5. The van der Waals surface area contributed by atoms with Crippen molar-refractivity contribution < 1.29 is 4.39 Å². The number of nitrogens with one attached hydrogen (secondary N) is 2. The molecule has 0 spiro atoms. The van der Waals surface area contributed by atoms with Crippen LogP contribution < -0.4 is 10.6 Å². The van der Waals surface area contributed by atoms with Crippen LogP contribution in [0, 0.1) is 5.82 Å². The molecule has 5 nitrogen and oxygen atoms in total. The molecule has 2 heterocycles. The number of anilines is 2. The van der Waals surface area contributed by atoms with Gasteiger partial charge in [0.05, 0.1) is 6.20 Å². The van der Waals surface area contributed by atoms with E-state index in [0.717, 1.165) is 39.0 Å². The molecule has 0 radical (unpaired) electrons. The van der Waals surface area contributed by atoms with Crippen LogP contribution in [0.2, 0.25) is 0 Å². The molecule has 0 saturated carbocycles. The van der Waals surface area contributed by atoms with Gasteiger partial charge in [0.15, 0.2) is 11.6 Å². The van der Waals surface area contributed by atoms with Gasteiger partial charge in [0.2, 0.25) is 5.95 Å². The highest BCUT2D eigenvalue weighted by Crippen LogP contribution is 2.18. The highest BCUT2D eigenvalue weighted by atomic mass is 19.1. The molecular weight excluding hydrogens is 257 g/mol. The standard InChI is InChI=1S/C14H24FN5/c1-3-7-16-14-18-10-12(15)13(19-14)17-9-11-6-5-8-20(11)4-2/h10-11H,3-9H2,1-2H3,(H2,16,17,18,19). The predicted molar refractivity (Wildman–Crippen MR) is 79.5 cm³/mol. The summed E-state index contributed by atoms with van der Waals surface area (Å²) < 4.78 is 13.7. The van der Waals surface area contributed by atoms with Gasteiger partial charge in [0.25, 0.3) is 0 Å². The van der Waals surface area contributed by atoms with Crippen molar-refractivity contribution in [3.05, 3.63) is 12.0 Å². The molecule has 0 aliphatic carbocycles. The molecule has 0 bridgehead atoms. The van der Waals surface area contributed by atoms with Crippen molar-refractivity contribution in [3.8, 4) is 0 Å². The highest BCUT2D eigenvalue weighted by Gasteiger charge is 2.23. The largest absolute Gasteiger partial charge is 0.366 e. The van der Waals surface area contributed by atoms with Crippen LogP contribution >= 0.6 is 0 Å². The van der Waals surface area contributed by atoms with Gasteiger partial charge in [-0.2, -0.15) is 4.98 Å². The maximum atomic E-state index is 13.7. The molecule has 0 aromatic carbocycles. The summed E-state index contributed by atoms with van der Waals surface area (Å²) in [6.07, 6.45) is 4.58. The molecule has 1 atom stereocenters. The Labute approximate surface area is 120 Å². The fourth-order valence-corrected chi connectivity index (χ4v) is 2.57. The van der Waals surface area contributed by atoms with Crippen LogP contribution in [0.1, 0.15) is 33.1 Å². The summed E-state index contributed by atoms with van der Waals surface area (Å²) in [5.74, 6) is 0.379. The molecule has 1 aliphatic rings. The summed E-state index contributed by atoms with van der Waals surface area (Å²) in [6, 6.07) is 0.474. The predicted octanol–water partition coefficient (Wildman–Crippen LogP) is 2.33. The average molecular weight is 281 g/mol. The number of likely N-dealkylation sites (tertiary alicyclic amines) is 1. The number of aromatic nitrogens is 2. The maximum absolute atomic E-state index is 13.7. The molecule has 0 amide bonds. The van der Waals surface area contributed by atoms with Crippen molar-refractivity contribution in [1.82, 2.24) is 14.9 Å². The fourth-order valence-electron chi connectivity index (χ4n) is 2.57. The van der Waals surface area contributed by atoms with Crippen LogP contribution in [-0.2, 0) is 0 Å². The minimum Gasteiger partial charge on any atom is -0.366 e. The second-order valence-electron chi connectivity index (χ2n) is 5.12. The Bertz CT molecular complexity index is 426. The molecule has 20 heavy (non-hydrogen) atoms. The van der Waals surface area contributed by atoms with Gasteiger partial charge in [-0.15, -0.1) is 0 Å². The molecule has 112 valence electrons. The lowest BCUT2D eigenvalue weighted by molar-refractivity contribution is 0.276. The molecular formula is C14H24FN5. The Balaban J connectivity index is 1.94. The van der Waals surface area contributed by atoms with Gasteiger partial charge in [-0.25, -0.2) is 9.37 Å². The highest BCUT2D eigenvalue weighted by molar-refractivity contribution is 5.41. The maximum Gasteiger partial charge on any atom is 0.224 e. The second-order valence-corrected chi connectivity index (χ2v) is 5.12. The minimum absolute atomic E-state index is 0.293. The first-order valence-electron chi connectivity index (χ1n) is 7.49. The number of halogens is 1. The topological polar surface area (TPSA) is 53.1 Å². The van der Waals surface area contributed by atoms with Gasteiger partial charge >= 0.3 is 0 Å². The molecule has 1 aromatic heterocycles. The lowest BCUT2D eigenvalue weighted by Gasteiger charge is -2.23. The molecule has 1 aliphatic heterocycles. The average Bonchev–Trinajstić information content (AvgIpc) is 2.92. The van der Waals surface area contributed by atoms with Gasteiger partial charge in [0.1, 0.15) is 0 Å². The normalized spacial score (nSPS) is 19.2. The Morgan fingerprint density at radius 1 is 1.40 bits per heavy atom. The Kier molecular flexibility index (Phi) is 5.52. The summed E-state index contributed by atoms with van der Waals surface area (Å²) in [7, 11) is 0. The Hall–Kier alpha value is -1.43. The van der Waals surface area contributed by atoms with E-state index in [2.05, 4.69) is 39.3 Å². The molecule has 1 aromatic rings. The minimum atomic E-state index is -0.395. The van der Waals surface area contributed by atoms with E-state index in [1.54, 1.807) is 0 Å². The number of rotatable bonds is 7. The third-order valence-electron chi connectivity index (χ3n) is 3.69. The first-order chi connectivity index (χ1) is 9.74. The van der Waals surface area contributed by atoms with Crippen LogP contribution in [0.4, 0.5) is 16.2 Å². The summed E-state index contributed by atoms with van der Waals surface area (Å²) in [6.45, 7) is 7.93. The quantitative estimate of drug-likeness (QED) is 0.803. The number of hydrogen-bond donors (Lipinski definition) is 2. The van der Waals surface area contributed by atoms with E-state index < -0.39 is 5.82 Å². The van der Waals surface area contributed by atoms with Gasteiger partial charge in [-0.1, -0.05) is 13.8 Å². The van der Waals surface area contributed by atoms with Crippen LogP contribution in [0.25, 0.3) is 0 Å². The van der Waals surface area contributed by atoms with Gasteiger partial charge in [-0.3, -0.25) is 4.90 Å². The zero-order valence-corrected chi connectivity index (χ0v) is 12.3. The Morgan fingerprint density at radius 3 is 3.00 bits per heavy atom. The SMILES string of the molecule is CCCNc1ncc(F)c(NCC2CCCN2CC)n1. The zero-order valence-electron chi connectivity index (χ0n) is 12.3. The number of likely N-dealkylation sites (N-methyl/N-ethyl adjacent to an activating group) is 1. The summed E-state index contributed by atoms with van der Waals surface area (Å²) in [5, 5.41) is 6.20. The first kappa shape index (κ1) is 15.0. The van der Waals surface area contributed by atoms with Crippen LogP contribution in [0.3, 0.4) is 0 Å². The van der Waals surface area contributed by atoms with Crippen LogP contribution in [0.15, 0.2) is 6.20 Å². The molecule has 2 N–H and O–H groups in total. The second kappa shape index (κ2) is 7.38. The van der Waals surface area contributed by atoms with E-state index in [0.29, 0.717) is 17.8 Å². The van der Waals surface area contributed by atoms with Crippen LogP contribution in [-0.4, -0.2) is 47.1 Å². The summed E-state index contributed by atoms with van der Waals surface area (Å²) in [5.41, 5.74) is 0. The van der Waals surface area contributed by atoms with E-state index in [-0.39, 0.29) is 0 Å². The van der Waals surface area contributed by atoms with E-state index in [1.807, 2.05) is 0 Å². The monoisotopic (exact) mass is 281 g/mol. The van der Waals surface area contributed by atoms with Crippen molar-refractivity contribution in [3.63, 3.8) is 0 Å². The third-order valence-corrected chi connectivity index (χ3v) is 3.69. The Morgan fingerprint density at radius 2 is 2.25 bits per heavy atom. The molecule has 2 rings (SSSR count). The third kappa shape index (κ3) is 3.79. The van der Waals surface area contributed by atoms with E-state index >= 15 is 0 Å². The van der Waals surface area contributed by atoms with Gasteiger partial charge in [-0.05, 0) is 32.4 Å². The molecule has 1 fully saturated rings. The van der Waals surface area contributed by atoms with Gasteiger partial charge in [0, 0.05) is 19.1 Å². The van der Waals surface area contributed by atoms with E-state index in [4.69, 9.17) is 0 Å². The van der Waals surface area contributed by atoms with E-state index in [9.17, 15) is 4.39 Å². The molecule has 6 heteroatoms. The van der Waals surface area contributed by atoms with Crippen molar-refractivity contribution in [1.29, 1.82) is 0 Å². The van der Waals surface area contributed by atoms with E-state index in [1.165, 1.54) is 12.6 Å². The summed E-state index contributed by atoms with van der Waals surface area (Å²) in [4.78, 5) is 10.6.